The van der Waals surface area contributed by atoms with Gasteiger partial charge >= 0.3 is 5.69 Å². The Kier molecular flexibility index (Phi) is 3.07. The van der Waals surface area contributed by atoms with Gasteiger partial charge in [0.2, 0.25) is 0 Å². The van der Waals surface area contributed by atoms with Gasteiger partial charge in [-0.15, -0.1) is 11.8 Å². The summed E-state index contributed by atoms with van der Waals surface area (Å²) in [4.78, 5) is 15.0. The average Bonchev–Trinajstić information content (AvgIpc) is 2.74. The van der Waals surface area contributed by atoms with E-state index in [0.29, 0.717) is 0 Å². The third-order valence-corrected chi connectivity index (χ3v) is 4.72. The fourth-order valence-corrected chi connectivity index (χ4v) is 3.78. The number of benzene rings is 1. The molecule has 0 spiro atoms. The summed E-state index contributed by atoms with van der Waals surface area (Å²) in [6.07, 6.45) is 3.51. The first-order chi connectivity index (χ1) is 8.79. The summed E-state index contributed by atoms with van der Waals surface area (Å²) in [5, 5.41) is 0.257. The van der Waals surface area contributed by atoms with E-state index in [-0.39, 0.29) is 11.1 Å². The summed E-state index contributed by atoms with van der Waals surface area (Å²) in [7, 11) is 1.64. The molecule has 0 saturated carbocycles. The lowest BCUT2D eigenvalue weighted by molar-refractivity contribution is 0.415. The molecule has 1 saturated heterocycles. The van der Waals surface area contributed by atoms with E-state index in [0.717, 1.165) is 29.0 Å². The van der Waals surface area contributed by atoms with E-state index in [2.05, 4.69) is 4.98 Å². The molecule has 2 aromatic rings. The Morgan fingerprint density at radius 1 is 1.44 bits per heavy atom. The summed E-state index contributed by atoms with van der Waals surface area (Å²) < 4.78 is 7.11. The zero-order valence-corrected chi connectivity index (χ0v) is 11.1. The number of aromatic amines is 1. The fourth-order valence-electron chi connectivity index (χ4n) is 2.44. The third-order valence-electron chi connectivity index (χ3n) is 3.37. The number of hydrogen-bond acceptors (Lipinski definition) is 3. The molecule has 3 rings (SSSR count). The minimum atomic E-state index is -0.0161. The number of fused-ring (bicyclic) bond motifs is 1. The van der Waals surface area contributed by atoms with E-state index in [1.165, 1.54) is 12.8 Å². The lowest BCUT2D eigenvalue weighted by atomic mass is 10.2. The highest BCUT2D eigenvalue weighted by Gasteiger charge is 2.20. The van der Waals surface area contributed by atoms with Crippen LogP contribution in [0.5, 0.6) is 5.75 Å². The van der Waals surface area contributed by atoms with Crippen molar-refractivity contribution >= 4 is 22.8 Å². The Morgan fingerprint density at radius 3 is 3.06 bits per heavy atom. The van der Waals surface area contributed by atoms with Crippen LogP contribution in [0.15, 0.2) is 23.0 Å². The highest BCUT2D eigenvalue weighted by Crippen LogP contribution is 2.35. The number of nitrogens with one attached hydrogen (secondary N) is 1. The Hall–Kier alpha value is -1.36. The normalized spacial score (nSPS) is 20.2. The van der Waals surface area contributed by atoms with Gasteiger partial charge < -0.3 is 9.72 Å². The molecule has 18 heavy (non-hydrogen) atoms. The minimum absolute atomic E-state index is 0.0161. The number of methoxy groups -OCH3 is 1. The van der Waals surface area contributed by atoms with E-state index < -0.39 is 0 Å². The number of hydrogen-bond donors (Lipinski definition) is 1. The first-order valence-electron chi connectivity index (χ1n) is 6.19. The molecule has 1 atom stereocenters. The number of nitrogens with zero attached hydrogens (tertiary/aromatic N) is 1. The minimum Gasteiger partial charge on any atom is -0.497 e. The molecule has 96 valence electrons. The van der Waals surface area contributed by atoms with Crippen LogP contribution < -0.4 is 10.4 Å². The maximum atomic E-state index is 12.1. The van der Waals surface area contributed by atoms with Crippen molar-refractivity contribution in [3.05, 3.63) is 28.7 Å². The van der Waals surface area contributed by atoms with Gasteiger partial charge in [-0.2, -0.15) is 0 Å². The van der Waals surface area contributed by atoms with Crippen LogP contribution in [-0.2, 0) is 0 Å². The monoisotopic (exact) mass is 264 g/mol. The SMILES string of the molecule is COc1ccc2[nH]c(=O)n(C3CCCCS3)c2c1. The first-order valence-corrected chi connectivity index (χ1v) is 7.24. The molecule has 1 aliphatic rings. The number of rotatable bonds is 2. The summed E-state index contributed by atoms with van der Waals surface area (Å²) in [6.45, 7) is 0. The van der Waals surface area contributed by atoms with Crippen molar-refractivity contribution in [2.75, 3.05) is 12.9 Å². The molecule has 1 aromatic heterocycles. The van der Waals surface area contributed by atoms with Crippen LogP contribution in [0.2, 0.25) is 0 Å². The largest absolute Gasteiger partial charge is 0.497 e. The van der Waals surface area contributed by atoms with Gasteiger partial charge in [0.05, 0.1) is 23.5 Å². The molecule has 4 nitrogen and oxygen atoms in total. The van der Waals surface area contributed by atoms with Crippen molar-refractivity contribution in [1.29, 1.82) is 0 Å². The highest BCUT2D eigenvalue weighted by molar-refractivity contribution is 7.99. The average molecular weight is 264 g/mol. The second kappa shape index (κ2) is 4.72. The molecule has 0 aliphatic carbocycles. The predicted octanol–water partition coefficient (Wildman–Crippen LogP) is 2.75. The Morgan fingerprint density at radius 2 is 2.33 bits per heavy atom. The number of aromatic nitrogens is 2. The molecular formula is C13H16N2O2S. The van der Waals surface area contributed by atoms with Crippen LogP contribution in [0.3, 0.4) is 0 Å². The van der Waals surface area contributed by atoms with Crippen LogP contribution >= 0.6 is 11.8 Å². The van der Waals surface area contributed by atoms with Crippen LogP contribution in [0.1, 0.15) is 24.6 Å². The number of ether oxygens (including phenoxy) is 1. The first kappa shape index (κ1) is 11.7. The van der Waals surface area contributed by atoms with Crippen LogP contribution in [0.4, 0.5) is 0 Å². The van der Waals surface area contributed by atoms with Gasteiger partial charge in [-0.25, -0.2) is 4.79 Å². The van der Waals surface area contributed by atoms with E-state index in [9.17, 15) is 4.79 Å². The van der Waals surface area contributed by atoms with Crippen LogP contribution in [0, 0.1) is 0 Å². The zero-order valence-electron chi connectivity index (χ0n) is 10.3. The number of imidazole rings is 1. The maximum Gasteiger partial charge on any atom is 0.327 e. The lowest BCUT2D eigenvalue weighted by Crippen LogP contribution is -2.22. The molecule has 1 fully saturated rings. The van der Waals surface area contributed by atoms with Gasteiger partial charge in [-0.05, 0) is 37.1 Å². The van der Waals surface area contributed by atoms with Crippen molar-refractivity contribution in [1.82, 2.24) is 9.55 Å². The summed E-state index contributed by atoms with van der Waals surface area (Å²) in [6, 6.07) is 5.71. The highest BCUT2D eigenvalue weighted by atomic mass is 32.2. The molecular weight excluding hydrogens is 248 g/mol. The van der Waals surface area contributed by atoms with Gasteiger partial charge in [0.1, 0.15) is 5.75 Å². The molecule has 1 aromatic carbocycles. The molecule has 1 aliphatic heterocycles. The number of H-pyrrole nitrogens is 1. The zero-order chi connectivity index (χ0) is 12.5. The molecule has 5 heteroatoms. The smallest absolute Gasteiger partial charge is 0.327 e. The molecule has 0 radical (unpaired) electrons. The molecule has 0 bridgehead atoms. The van der Waals surface area contributed by atoms with E-state index in [1.807, 2.05) is 34.5 Å². The van der Waals surface area contributed by atoms with Gasteiger partial charge in [0, 0.05) is 6.07 Å². The van der Waals surface area contributed by atoms with Gasteiger partial charge in [0.15, 0.2) is 0 Å². The quantitative estimate of drug-likeness (QED) is 0.907. The Labute approximate surface area is 109 Å². The van der Waals surface area contributed by atoms with E-state index >= 15 is 0 Å². The van der Waals surface area contributed by atoms with Gasteiger partial charge in [-0.3, -0.25) is 4.57 Å². The van der Waals surface area contributed by atoms with Gasteiger partial charge in [-0.1, -0.05) is 0 Å². The van der Waals surface area contributed by atoms with E-state index in [1.54, 1.807) is 7.11 Å². The summed E-state index contributed by atoms with van der Waals surface area (Å²) in [5.74, 6) is 1.92. The summed E-state index contributed by atoms with van der Waals surface area (Å²) >= 11 is 1.87. The fraction of sp³-hybridized carbons (Fsp3) is 0.462. The Bertz CT molecular complexity index is 611. The van der Waals surface area contributed by atoms with Crippen molar-refractivity contribution in [2.24, 2.45) is 0 Å². The third kappa shape index (κ3) is 1.92. The van der Waals surface area contributed by atoms with Crippen molar-refractivity contribution in [3.8, 4) is 5.75 Å². The van der Waals surface area contributed by atoms with Crippen molar-refractivity contribution < 1.29 is 4.74 Å². The number of thioether (sulfide) groups is 1. The molecule has 2 heterocycles. The van der Waals surface area contributed by atoms with Gasteiger partial charge in [0.25, 0.3) is 0 Å². The summed E-state index contributed by atoms with van der Waals surface area (Å²) in [5.41, 5.74) is 1.81. The lowest BCUT2D eigenvalue weighted by Gasteiger charge is -2.22. The van der Waals surface area contributed by atoms with Crippen molar-refractivity contribution in [3.63, 3.8) is 0 Å². The predicted molar refractivity (Wildman–Crippen MR) is 74.5 cm³/mol. The van der Waals surface area contributed by atoms with Crippen molar-refractivity contribution in [2.45, 2.75) is 24.6 Å². The maximum absolute atomic E-state index is 12.1. The Balaban J connectivity index is 2.13. The molecule has 0 amide bonds. The second-order valence-electron chi connectivity index (χ2n) is 4.50. The molecule has 1 N–H and O–H groups in total. The second-order valence-corrected chi connectivity index (χ2v) is 5.79. The molecule has 1 unspecified atom stereocenters. The topological polar surface area (TPSA) is 47.0 Å². The standard InChI is InChI=1S/C13H16N2O2S/c1-17-9-5-6-10-11(8-9)15(13(16)14-10)12-4-2-3-7-18-12/h5-6,8,12H,2-4,7H2,1H3,(H,14,16). The van der Waals surface area contributed by atoms with E-state index in [4.69, 9.17) is 4.74 Å². The van der Waals surface area contributed by atoms with Crippen LogP contribution in [-0.4, -0.2) is 22.4 Å². The van der Waals surface area contributed by atoms with Crippen LogP contribution in [0.25, 0.3) is 11.0 Å².